The van der Waals surface area contributed by atoms with E-state index in [2.05, 4.69) is 5.32 Å². The van der Waals surface area contributed by atoms with Crippen molar-refractivity contribution in [2.24, 2.45) is 0 Å². The van der Waals surface area contributed by atoms with Crippen molar-refractivity contribution in [1.82, 2.24) is 10.2 Å². The smallest absolute Gasteiger partial charge is 0.260 e. The molecule has 2 amide bonds. The molecule has 0 aromatic heterocycles. The summed E-state index contributed by atoms with van der Waals surface area (Å²) >= 11 is 0. The van der Waals surface area contributed by atoms with Crippen LogP contribution in [-0.2, 0) is 4.79 Å². The molecule has 2 aliphatic heterocycles. The maximum absolute atomic E-state index is 12.7. The summed E-state index contributed by atoms with van der Waals surface area (Å²) in [4.78, 5) is 26.9. The first-order chi connectivity index (χ1) is 14.1. The lowest BCUT2D eigenvalue weighted by Crippen LogP contribution is -2.58. The van der Waals surface area contributed by atoms with E-state index >= 15 is 0 Å². The number of carbonyl (C=O) groups is 2. The molecule has 0 saturated carbocycles. The Morgan fingerprint density at radius 1 is 1.17 bits per heavy atom. The Morgan fingerprint density at radius 3 is 2.72 bits per heavy atom. The molecular weight excluding hydrogens is 372 g/mol. The molecule has 29 heavy (non-hydrogen) atoms. The van der Waals surface area contributed by atoms with Crippen LogP contribution in [0.4, 0.5) is 0 Å². The number of methoxy groups -OCH3 is 1. The molecule has 7 heteroatoms. The molecule has 1 fully saturated rings. The number of fused-ring (bicyclic) bond motifs is 1. The summed E-state index contributed by atoms with van der Waals surface area (Å²) in [7, 11) is 1.60. The van der Waals surface area contributed by atoms with Gasteiger partial charge in [0.15, 0.2) is 6.61 Å². The van der Waals surface area contributed by atoms with E-state index < -0.39 is 5.60 Å². The summed E-state index contributed by atoms with van der Waals surface area (Å²) in [5.74, 6) is 1.65. The van der Waals surface area contributed by atoms with E-state index in [1.54, 1.807) is 48.4 Å². The molecule has 1 spiro atoms. The molecule has 1 N–H and O–H groups in total. The van der Waals surface area contributed by atoms with Crippen molar-refractivity contribution in [2.45, 2.75) is 18.4 Å². The van der Waals surface area contributed by atoms with E-state index in [4.69, 9.17) is 14.2 Å². The van der Waals surface area contributed by atoms with E-state index in [0.29, 0.717) is 36.7 Å². The van der Waals surface area contributed by atoms with Crippen LogP contribution in [0.25, 0.3) is 0 Å². The van der Waals surface area contributed by atoms with Gasteiger partial charge in [-0.1, -0.05) is 12.1 Å². The molecule has 2 heterocycles. The molecule has 1 saturated heterocycles. The molecule has 0 radical (unpaired) electrons. The van der Waals surface area contributed by atoms with Crippen molar-refractivity contribution in [3.63, 3.8) is 0 Å². The monoisotopic (exact) mass is 396 g/mol. The number of hydrogen-bond acceptors (Lipinski definition) is 5. The van der Waals surface area contributed by atoms with Crippen LogP contribution in [0.3, 0.4) is 0 Å². The maximum atomic E-state index is 12.7. The van der Waals surface area contributed by atoms with Crippen LogP contribution >= 0.6 is 0 Å². The summed E-state index contributed by atoms with van der Waals surface area (Å²) in [6.45, 7) is 1.37. The number of likely N-dealkylation sites (tertiary alicyclic amines) is 1. The summed E-state index contributed by atoms with van der Waals surface area (Å²) < 4.78 is 17.1. The van der Waals surface area contributed by atoms with Gasteiger partial charge in [0.1, 0.15) is 22.8 Å². The average molecular weight is 396 g/mol. The van der Waals surface area contributed by atoms with Crippen molar-refractivity contribution < 1.29 is 23.8 Å². The first-order valence-corrected chi connectivity index (χ1v) is 9.69. The molecule has 0 bridgehead atoms. The van der Waals surface area contributed by atoms with Gasteiger partial charge < -0.3 is 24.4 Å². The number of benzene rings is 2. The van der Waals surface area contributed by atoms with Gasteiger partial charge >= 0.3 is 0 Å². The second-order valence-corrected chi connectivity index (χ2v) is 7.35. The second kappa shape index (κ2) is 8.03. The standard InChI is InChI=1S/C22H24N2O5/c1-27-16-7-9-17(10-8-16)28-13-20(25)24-12-4-11-22(15-24)14-23-21(26)18-5-2-3-6-19(18)29-22/h2-3,5-10H,4,11-15H2,1H3,(H,23,26). The van der Waals surface area contributed by atoms with Gasteiger partial charge in [0, 0.05) is 6.54 Å². The lowest BCUT2D eigenvalue weighted by molar-refractivity contribution is -0.138. The van der Waals surface area contributed by atoms with Gasteiger partial charge in [-0.15, -0.1) is 0 Å². The number of hydrogen-bond donors (Lipinski definition) is 1. The van der Waals surface area contributed by atoms with Crippen LogP contribution in [-0.4, -0.2) is 55.7 Å². The van der Waals surface area contributed by atoms with Crippen LogP contribution in [0.1, 0.15) is 23.2 Å². The second-order valence-electron chi connectivity index (χ2n) is 7.35. The number of nitrogens with one attached hydrogen (secondary N) is 1. The zero-order chi connectivity index (χ0) is 20.3. The minimum Gasteiger partial charge on any atom is -0.497 e. The highest BCUT2D eigenvalue weighted by Gasteiger charge is 2.42. The Kier molecular flexibility index (Phi) is 5.29. The number of nitrogens with zero attached hydrogens (tertiary/aromatic N) is 1. The number of piperidine rings is 1. The molecule has 4 rings (SSSR count). The third kappa shape index (κ3) is 4.13. The average Bonchev–Trinajstić information content (AvgIpc) is 2.89. The van der Waals surface area contributed by atoms with Crippen molar-refractivity contribution in [3.05, 3.63) is 54.1 Å². The van der Waals surface area contributed by atoms with E-state index in [1.165, 1.54) is 0 Å². The van der Waals surface area contributed by atoms with Gasteiger partial charge in [0.25, 0.3) is 11.8 Å². The predicted molar refractivity (Wildman–Crippen MR) is 106 cm³/mol. The van der Waals surface area contributed by atoms with Crippen LogP contribution < -0.4 is 19.5 Å². The van der Waals surface area contributed by atoms with E-state index in [-0.39, 0.29) is 18.4 Å². The third-order valence-electron chi connectivity index (χ3n) is 5.34. The quantitative estimate of drug-likeness (QED) is 0.858. The molecule has 7 nitrogen and oxygen atoms in total. The molecular formula is C22H24N2O5. The van der Waals surface area contributed by atoms with E-state index in [9.17, 15) is 9.59 Å². The highest BCUT2D eigenvalue weighted by Crippen LogP contribution is 2.32. The molecule has 152 valence electrons. The van der Waals surface area contributed by atoms with Gasteiger partial charge in [0.05, 0.1) is 25.8 Å². The minimum atomic E-state index is -0.629. The molecule has 2 aromatic carbocycles. The molecule has 2 aliphatic rings. The topological polar surface area (TPSA) is 77.1 Å². The fourth-order valence-electron chi connectivity index (χ4n) is 3.80. The van der Waals surface area contributed by atoms with Gasteiger partial charge in [-0.3, -0.25) is 9.59 Å². The number of carbonyl (C=O) groups excluding carboxylic acids is 2. The highest BCUT2D eigenvalue weighted by atomic mass is 16.5. The zero-order valence-corrected chi connectivity index (χ0v) is 16.3. The SMILES string of the molecule is COc1ccc(OCC(=O)N2CCCC3(CNC(=O)c4ccccc4O3)C2)cc1. The Morgan fingerprint density at radius 2 is 1.93 bits per heavy atom. The fraction of sp³-hybridized carbons (Fsp3) is 0.364. The third-order valence-corrected chi connectivity index (χ3v) is 5.34. The summed E-state index contributed by atoms with van der Waals surface area (Å²) in [5, 5.41) is 2.94. The van der Waals surface area contributed by atoms with E-state index in [1.807, 2.05) is 12.1 Å². The Balaban J connectivity index is 1.42. The lowest BCUT2D eigenvalue weighted by atomic mass is 9.92. The van der Waals surface area contributed by atoms with Gasteiger partial charge in [-0.05, 0) is 49.2 Å². The normalized spacial score (nSPS) is 20.9. The molecule has 0 aliphatic carbocycles. The Labute approximate surface area is 169 Å². The Bertz CT molecular complexity index is 898. The van der Waals surface area contributed by atoms with Crippen LogP contribution in [0.2, 0.25) is 0 Å². The molecule has 1 unspecified atom stereocenters. The Hall–Kier alpha value is -3.22. The van der Waals surface area contributed by atoms with Crippen molar-refractivity contribution in [1.29, 1.82) is 0 Å². The number of rotatable bonds is 4. The summed E-state index contributed by atoms with van der Waals surface area (Å²) in [5.41, 5.74) is -0.105. The van der Waals surface area contributed by atoms with Gasteiger partial charge in [-0.2, -0.15) is 0 Å². The lowest BCUT2D eigenvalue weighted by Gasteiger charge is -2.42. The zero-order valence-electron chi connectivity index (χ0n) is 16.3. The summed E-state index contributed by atoms with van der Waals surface area (Å²) in [6, 6.07) is 14.3. The van der Waals surface area contributed by atoms with Gasteiger partial charge in [-0.25, -0.2) is 0 Å². The molecule has 1 atom stereocenters. The maximum Gasteiger partial charge on any atom is 0.260 e. The van der Waals surface area contributed by atoms with Crippen molar-refractivity contribution in [2.75, 3.05) is 33.4 Å². The van der Waals surface area contributed by atoms with Crippen molar-refractivity contribution >= 4 is 11.8 Å². The number of para-hydroxylation sites is 1. The van der Waals surface area contributed by atoms with Gasteiger partial charge in [0.2, 0.25) is 0 Å². The largest absolute Gasteiger partial charge is 0.497 e. The molecule has 2 aromatic rings. The highest BCUT2D eigenvalue weighted by molar-refractivity contribution is 5.97. The first-order valence-electron chi connectivity index (χ1n) is 9.69. The van der Waals surface area contributed by atoms with Crippen LogP contribution in [0.5, 0.6) is 17.2 Å². The summed E-state index contributed by atoms with van der Waals surface area (Å²) in [6.07, 6.45) is 1.57. The van der Waals surface area contributed by atoms with Crippen LogP contribution in [0, 0.1) is 0 Å². The first kappa shape index (κ1) is 19.1. The van der Waals surface area contributed by atoms with Crippen molar-refractivity contribution in [3.8, 4) is 17.2 Å². The number of amides is 2. The number of ether oxygens (including phenoxy) is 3. The van der Waals surface area contributed by atoms with Crippen LogP contribution in [0.15, 0.2) is 48.5 Å². The fourth-order valence-corrected chi connectivity index (χ4v) is 3.80. The van der Waals surface area contributed by atoms with E-state index in [0.717, 1.165) is 18.6 Å². The predicted octanol–water partition coefficient (Wildman–Crippen LogP) is 2.26. The minimum absolute atomic E-state index is 0.0502.